The Bertz CT molecular complexity index is 804. The highest BCUT2D eigenvalue weighted by molar-refractivity contribution is 5.85. The molecule has 2 heteroatoms. The summed E-state index contributed by atoms with van der Waals surface area (Å²) in [6, 6.07) is 19.8. The summed E-state index contributed by atoms with van der Waals surface area (Å²) in [7, 11) is 0. The van der Waals surface area contributed by atoms with Crippen LogP contribution in [0.2, 0.25) is 0 Å². The van der Waals surface area contributed by atoms with Crippen LogP contribution in [0.15, 0.2) is 60.8 Å². The van der Waals surface area contributed by atoms with Crippen LogP contribution in [-0.4, -0.2) is 23.0 Å². The molecule has 22 heavy (non-hydrogen) atoms. The highest BCUT2D eigenvalue weighted by Crippen LogP contribution is 2.36. The number of nitrogens with zero attached hydrogens (tertiary/aromatic N) is 2. The average Bonchev–Trinajstić information content (AvgIpc) is 2.60. The lowest BCUT2D eigenvalue weighted by Crippen LogP contribution is -2.36. The molecule has 0 radical (unpaired) electrons. The number of likely N-dealkylation sites (N-methyl/N-ethyl adjacent to an activating group) is 1. The second kappa shape index (κ2) is 5.54. The molecule has 0 saturated carbocycles. The second-order valence-electron chi connectivity index (χ2n) is 5.90. The predicted molar refractivity (Wildman–Crippen MR) is 91.0 cm³/mol. The van der Waals surface area contributed by atoms with E-state index in [0.29, 0.717) is 0 Å². The Morgan fingerprint density at radius 1 is 1.05 bits per heavy atom. The first-order chi connectivity index (χ1) is 10.9. The molecule has 0 saturated heterocycles. The number of fused-ring (bicyclic) bond motifs is 2. The van der Waals surface area contributed by atoms with E-state index in [4.69, 9.17) is 4.98 Å². The minimum atomic E-state index is 0.265. The first kappa shape index (κ1) is 13.5. The summed E-state index contributed by atoms with van der Waals surface area (Å²) in [5, 5.41) is 2.54. The van der Waals surface area contributed by atoms with Gasteiger partial charge in [0, 0.05) is 18.1 Å². The zero-order chi connectivity index (χ0) is 14.9. The summed E-state index contributed by atoms with van der Waals surface area (Å²) >= 11 is 0. The van der Waals surface area contributed by atoms with Gasteiger partial charge in [-0.15, -0.1) is 0 Å². The van der Waals surface area contributed by atoms with Crippen molar-refractivity contribution >= 4 is 10.8 Å². The Kier molecular flexibility index (Phi) is 3.39. The molecule has 1 aromatic heterocycles. The lowest BCUT2D eigenvalue weighted by Gasteiger charge is -2.36. The van der Waals surface area contributed by atoms with Gasteiger partial charge < -0.3 is 0 Å². The van der Waals surface area contributed by atoms with Crippen molar-refractivity contribution in [2.24, 2.45) is 0 Å². The van der Waals surface area contributed by atoms with Crippen molar-refractivity contribution in [1.82, 2.24) is 9.88 Å². The van der Waals surface area contributed by atoms with Crippen LogP contribution in [0.5, 0.6) is 0 Å². The second-order valence-corrected chi connectivity index (χ2v) is 5.90. The Morgan fingerprint density at radius 2 is 1.86 bits per heavy atom. The summed E-state index contributed by atoms with van der Waals surface area (Å²) in [5.41, 5.74) is 4.07. The number of rotatable bonds is 2. The van der Waals surface area contributed by atoms with Crippen molar-refractivity contribution in [2.75, 3.05) is 13.1 Å². The Hall–Kier alpha value is -2.19. The number of pyridine rings is 1. The topological polar surface area (TPSA) is 16.1 Å². The van der Waals surface area contributed by atoms with Crippen molar-refractivity contribution in [3.05, 3.63) is 77.6 Å². The zero-order valence-corrected chi connectivity index (χ0v) is 12.9. The van der Waals surface area contributed by atoms with Gasteiger partial charge in [0.2, 0.25) is 0 Å². The van der Waals surface area contributed by atoms with E-state index in [2.05, 4.69) is 66.4 Å². The third kappa shape index (κ3) is 2.11. The SMILES string of the molecule is CCN1CCc2ccccc2C1c1nccc2ccccc12. The zero-order valence-electron chi connectivity index (χ0n) is 12.9. The van der Waals surface area contributed by atoms with E-state index in [-0.39, 0.29) is 6.04 Å². The average molecular weight is 288 g/mol. The summed E-state index contributed by atoms with van der Waals surface area (Å²) in [6.45, 7) is 4.39. The van der Waals surface area contributed by atoms with E-state index in [9.17, 15) is 0 Å². The lowest BCUT2D eigenvalue weighted by molar-refractivity contribution is 0.223. The molecule has 1 atom stereocenters. The quantitative estimate of drug-likeness (QED) is 0.702. The fourth-order valence-corrected chi connectivity index (χ4v) is 3.64. The van der Waals surface area contributed by atoms with Gasteiger partial charge in [-0.05, 0) is 35.5 Å². The van der Waals surface area contributed by atoms with Crippen molar-refractivity contribution in [3.8, 4) is 0 Å². The van der Waals surface area contributed by atoms with E-state index in [1.807, 2.05) is 6.20 Å². The molecule has 1 aliphatic rings. The fourth-order valence-electron chi connectivity index (χ4n) is 3.64. The molecule has 4 rings (SSSR count). The van der Waals surface area contributed by atoms with E-state index >= 15 is 0 Å². The smallest absolute Gasteiger partial charge is 0.0785 e. The van der Waals surface area contributed by atoms with Crippen LogP contribution in [0.4, 0.5) is 0 Å². The summed E-state index contributed by atoms with van der Waals surface area (Å²) in [4.78, 5) is 7.32. The van der Waals surface area contributed by atoms with Crippen LogP contribution in [0.1, 0.15) is 29.8 Å². The van der Waals surface area contributed by atoms with Gasteiger partial charge in [-0.3, -0.25) is 9.88 Å². The molecular weight excluding hydrogens is 268 g/mol. The predicted octanol–water partition coefficient (Wildman–Crippen LogP) is 4.20. The molecule has 3 aromatic rings. The van der Waals surface area contributed by atoms with Gasteiger partial charge in [0.1, 0.15) is 0 Å². The molecule has 2 heterocycles. The Morgan fingerprint density at radius 3 is 2.77 bits per heavy atom. The van der Waals surface area contributed by atoms with Crippen LogP contribution in [-0.2, 0) is 6.42 Å². The minimum absolute atomic E-state index is 0.265. The van der Waals surface area contributed by atoms with Crippen LogP contribution >= 0.6 is 0 Å². The first-order valence-electron chi connectivity index (χ1n) is 8.04. The Labute approximate surface area is 131 Å². The van der Waals surface area contributed by atoms with Crippen LogP contribution in [0, 0.1) is 0 Å². The molecule has 1 unspecified atom stereocenters. The monoisotopic (exact) mass is 288 g/mol. The van der Waals surface area contributed by atoms with E-state index in [1.54, 1.807) is 0 Å². The lowest BCUT2D eigenvalue weighted by atomic mass is 9.89. The third-order valence-corrected chi connectivity index (χ3v) is 4.75. The molecule has 2 aromatic carbocycles. The molecule has 0 aliphatic carbocycles. The maximum Gasteiger partial charge on any atom is 0.0785 e. The fraction of sp³-hybridized carbons (Fsp3) is 0.250. The maximum atomic E-state index is 4.79. The highest BCUT2D eigenvalue weighted by atomic mass is 15.2. The van der Waals surface area contributed by atoms with Crippen molar-refractivity contribution < 1.29 is 0 Å². The largest absolute Gasteiger partial charge is 0.291 e. The molecule has 0 bridgehead atoms. The van der Waals surface area contributed by atoms with Crippen LogP contribution < -0.4 is 0 Å². The van der Waals surface area contributed by atoms with Crippen LogP contribution in [0.3, 0.4) is 0 Å². The molecule has 0 amide bonds. The normalized spacial score (nSPS) is 18.3. The van der Waals surface area contributed by atoms with Gasteiger partial charge >= 0.3 is 0 Å². The third-order valence-electron chi connectivity index (χ3n) is 4.75. The first-order valence-corrected chi connectivity index (χ1v) is 8.04. The minimum Gasteiger partial charge on any atom is -0.291 e. The van der Waals surface area contributed by atoms with E-state index in [0.717, 1.165) is 19.5 Å². The van der Waals surface area contributed by atoms with Crippen molar-refractivity contribution in [1.29, 1.82) is 0 Å². The van der Waals surface area contributed by atoms with Gasteiger partial charge in [-0.1, -0.05) is 55.5 Å². The number of benzene rings is 2. The maximum absolute atomic E-state index is 4.79. The molecule has 0 fully saturated rings. The molecule has 0 spiro atoms. The summed E-state index contributed by atoms with van der Waals surface area (Å²) in [6.07, 6.45) is 3.08. The van der Waals surface area contributed by atoms with Gasteiger partial charge in [0.25, 0.3) is 0 Å². The molecule has 0 N–H and O–H groups in total. The summed E-state index contributed by atoms with van der Waals surface area (Å²) < 4.78 is 0. The molecule has 1 aliphatic heterocycles. The molecule has 2 nitrogen and oxygen atoms in total. The molecular formula is C20H20N2. The Balaban J connectivity index is 1.95. The molecule has 110 valence electrons. The highest BCUT2D eigenvalue weighted by Gasteiger charge is 2.29. The van der Waals surface area contributed by atoms with Gasteiger partial charge in [-0.25, -0.2) is 0 Å². The van der Waals surface area contributed by atoms with Gasteiger partial charge in [-0.2, -0.15) is 0 Å². The van der Waals surface area contributed by atoms with E-state index in [1.165, 1.54) is 27.6 Å². The summed E-state index contributed by atoms with van der Waals surface area (Å²) in [5.74, 6) is 0. The number of aromatic nitrogens is 1. The number of hydrogen-bond donors (Lipinski definition) is 0. The van der Waals surface area contributed by atoms with Gasteiger partial charge in [0.05, 0.1) is 11.7 Å². The van der Waals surface area contributed by atoms with Crippen molar-refractivity contribution in [3.63, 3.8) is 0 Å². The standard InChI is InChI=1S/C20H20N2/c1-2-22-14-12-16-8-4-6-10-18(16)20(22)19-17-9-5-3-7-15(17)11-13-21-19/h3-11,13,20H,2,12,14H2,1H3. The van der Waals surface area contributed by atoms with Gasteiger partial charge in [0.15, 0.2) is 0 Å². The van der Waals surface area contributed by atoms with E-state index < -0.39 is 0 Å². The van der Waals surface area contributed by atoms with Crippen LogP contribution in [0.25, 0.3) is 10.8 Å². The van der Waals surface area contributed by atoms with Crippen molar-refractivity contribution in [2.45, 2.75) is 19.4 Å². The number of hydrogen-bond acceptors (Lipinski definition) is 2.